The monoisotopic (exact) mass is 290 g/mol. The number of carbonyl (C=O) groups excluding carboxylic acids is 1. The molecule has 1 aromatic carbocycles. The van der Waals surface area contributed by atoms with Gasteiger partial charge in [-0.05, 0) is 43.5 Å². The van der Waals surface area contributed by atoms with Gasteiger partial charge in [-0.2, -0.15) is 0 Å². The third kappa shape index (κ3) is 3.09. The molecule has 3 rings (SSSR count). The van der Waals surface area contributed by atoms with E-state index in [0.717, 1.165) is 38.0 Å². The molecule has 0 aliphatic carbocycles. The lowest BCUT2D eigenvalue weighted by atomic mass is 9.87. The Labute approximate surface area is 124 Å². The van der Waals surface area contributed by atoms with Crippen molar-refractivity contribution in [2.45, 2.75) is 24.8 Å². The third-order valence-electron chi connectivity index (χ3n) is 4.42. The van der Waals surface area contributed by atoms with E-state index in [1.807, 2.05) is 4.90 Å². The van der Waals surface area contributed by atoms with Gasteiger partial charge in [0.1, 0.15) is 11.4 Å². The molecule has 0 aromatic heterocycles. The molecular formula is C16H21FN3O. The van der Waals surface area contributed by atoms with Crippen LogP contribution in [0.15, 0.2) is 24.3 Å². The second-order valence-corrected chi connectivity index (χ2v) is 5.88. The van der Waals surface area contributed by atoms with Crippen LogP contribution in [0.3, 0.4) is 0 Å². The Balaban J connectivity index is 1.78. The van der Waals surface area contributed by atoms with Crippen molar-refractivity contribution in [3.05, 3.63) is 35.6 Å². The lowest BCUT2D eigenvalue weighted by Gasteiger charge is -2.36. The molecule has 2 aliphatic heterocycles. The maximum atomic E-state index is 13.0. The van der Waals surface area contributed by atoms with Gasteiger partial charge in [0, 0.05) is 26.2 Å². The summed E-state index contributed by atoms with van der Waals surface area (Å²) in [5, 5.41) is 7.71. The Hall–Kier alpha value is -1.46. The normalized spacial score (nSPS) is 26.0. The zero-order valence-corrected chi connectivity index (χ0v) is 12.1. The van der Waals surface area contributed by atoms with Crippen molar-refractivity contribution < 1.29 is 9.18 Å². The smallest absolute Gasteiger partial charge is 0.243 e. The van der Waals surface area contributed by atoms with Gasteiger partial charge in [0.25, 0.3) is 0 Å². The van der Waals surface area contributed by atoms with Gasteiger partial charge in [0.2, 0.25) is 5.91 Å². The molecule has 5 heteroatoms. The van der Waals surface area contributed by atoms with E-state index >= 15 is 0 Å². The van der Waals surface area contributed by atoms with Crippen LogP contribution >= 0.6 is 0 Å². The summed E-state index contributed by atoms with van der Waals surface area (Å²) >= 11 is 0. The highest BCUT2D eigenvalue weighted by Crippen LogP contribution is 2.27. The first-order valence-electron chi connectivity index (χ1n) is 7.62. The van der Waals surface area contributed by atoms with Crippen molar-refractivity contribution in [2.75, 3.05) is 32.7 Å². The summed E-state index contributed by atoms with van der Waals surface area (Å²) in [5.74, 6) is -0.0598. The Bertz CT molecular complexity index is 491. The van der Waals surface area contributed by atoms with Gasteiger partial charge in [0.15, 0.2) is 0 Å². The van der Waals surface area contributed by atoms with Crippen LogP contribution in [0.4, 0.5) is 4.39 Å². The zero-order chi connectivity index (χ0) is 14.7. The molecule has 1 amide bonds. The van der Waals surface area contributed by atoms with Crippen LogP contribution in [-0.4, -0.2) is 49.1 Å². The first kappa shape index (κ1) is 14.5. The lowest BCUT2D eigenvalue weighted by Crippen LogP contribution is -2.59. The molecule has 1 aromatic rings. The number of amides is 1. The van der Waals surface area contributed by atoms with Gasteiger partial charge >= 0.3 is 0 Å². The summed E-state index contributed by atoms with van der Waals surface area (Å²) in [7, 11) is 0. The van der Waals surface area contributed by atoms with Crippen LogP contribution in [0.1, 0.15) is 18.4 Å². The van der Waals surface area contributed by atoms with Crippen LogP contribution in [0.25, 0.3) is 0 Å². The van der Waals surface area contributed by atoms with E-state index in [2.05, 4.69) is 10.6 Å². The Morgan fingerprint density at radius 1 is 1.29 bits per heavy atom. The lowest BCUT2D eigenvalue weighted by molar-refractivity contribution is -0.138. The first-order valence-corrected chi connectivity index (χ1v) is 7.62. The molecule has 0 bridgehead atoms. The molecule has 1 atom stereocenters. The summed E-state index contributed by atoms with van der Waals surface area (Å²) in [6, 6.07) is 6.47. The highest BCUT2D eigenvalue weighted by atomic mass is 19.1. The SMILES string of the molecule is O=C(N1CC[N]CC1)C1(Cc2ccc(F)cc2)CCCN1. The molecule has 0 saturated carbocycles. The Morgan fingerprint density at radius 2 is 2.00 bits per heavy atom. The van der Waals surface area contributed by atoms with Crippen molar-refractivity contribution in [3.8, 4) is 0 Å². The predicted octanol–water partition coefficient (Wildman–Crippen LogP) is 0.937. The average molecular weight is 290 g/mol. The standard InChI is InChI=1S/C16H21FN3O/c17-14-4-2-13(3-5-14)12-16(6-1-7-19-16)15(21)20-10-8-18-9-11-20/h2-5,19H,1,6-12H2. The zero-order valence-electron chi connectivity index (χ0n) is 12.1. The van der Waals surface area contributed by atoms with Crippen LogP contribution in [0.2, 0.25) is 0 Å². The molecule has 2 aliphatic rings. The van der Waals surface area contributed by atoms with Gasteiger partial charge in [-0.25, -0.2) is 9.71 Å². The number of halogens is 1. The van der Waals surface area contributed by atoms with Gasteiger partial charge < -0.3 is 10.2 Å². The van der Waals surface area contributed by atoms with E-state index in [0.29, 0.717) is 19.5 Å². The molecule has 2 fully saturated rings. The maximum Gasteiger partial charge on any atom is 0.243 e. The number of nitrogens with one attached hydrogen (secondary N) is 1. The van der Waals surface area contributed by atoms with Crippen LogP contribution in [0, 0.1) is 5.82 Å². The molecule has 1 N–H and O–H groups in total. The van der Waals surface area contributed by atoms with E-state index < -0.39 is 5.54 Å². The largest absolute Gasteiger partial charge is 0.338 e. The highest BCUT2D eigenvalue weighted by Gasteiger charge is 2.43. The molecule has 1 radical (unpaired) electrons. The molecule has 2 heterocycles. The minimum absolute atomic E-state index is 0.180. The van der Waals surface area contributed by atoms with Crippen LogP contribution in [-0.2, 0) is 11.2 Å². The van der Waals surface area contributed by atoms with E-state index in [9.17, 15) is 9.18 Å². The number of benzene rings is 1. The van der Waals surface area contributed by atoms with Crippen molar-refractivity contribution in [2.24, 2.45) is 0 Å². The summed E-state index contributed by atoms with van der Waals surface area (Å²) in [6.07, 6.45) is 2.47. The highest BCUT2D eigenvalue weighted by molar-refractivity contribution is 5.87. The maximum absolute atomic E-state index is 13.0. The number of piperazine rings is 1. The van der Waals surface area contributed by atoms with E-state index in [1.165, 1.54) is 12.1 Å². The topological polar surface area (TPSA) is 46.4 Å². The van der Waals surface area contributed by atoms with Gasteiger partial charge in [-0.3, -0.25) is 4.79 Å². The number of hydrogen-bond acceptors (Lipinski definition) is 2. The van der Waals surface area contributed by atoms with Gasteiger partial charge in [-0.15, -0.1) is 0 Å². The van der Waals surface area contributed by atoms with Crippen LogP contribution < -0.4 is 10.6 Å². The summed E-state index contributed by atoms with van der Waals surface area (Å²) in [6.45, 7) is 3.76. The molecule has 113 valence electrons. The van der Waals surface area contributed by atoms with Crippen molar-refractivity contribution >= 4 is 5.91 Å². The number of hydrogen-bond donors (Lipinski definition) is 1. The molecule has 4 nitrogen and oxygen atoms in total. The third-order valence-corrected chi connectivity index (χ3v) is 4.42. The number of rotatable bonds is 3. The molecule has 2 saturated heterocycles. The second kappa shape index (κ2) is 6.12. The fraction of sp³-hybridized carbons (Fsp3) is 0.562. The van der Waals surface area contributed by atoms with Gasteiger partial charge in [-0.1, -0.05) is 12.1 Å². The van der Waals surface area contributed by atoms with Crippen molar-refractivity contribution in [1.29, 1.82) is 0 Å². The fourth-order valence-corrected chi connectivity index (χ4v) is 3.28. The fourth-order valence-electron chi connectivity index (χ4n) is 3.28. The van der Waals surface area contributed by atoms with E-state index in [4.69, 9.17) is 0 Å². The average Bonchev–Trinajstić information content (AvgIpc) is 2.99. The van der Waals surface area contributed by atoms with Crippen LogP contribution in [0.5, 0.6) is 0 Å². The minimum atomic E-state index is -0.519. The predicted molar refractivity (Wildman–Crippen MR) is 78.5 cm³/mol. The molecule has 0 spiro atoms. The quantitative estimate of drug-likeness (QED) is 0.900. The number of carbonyl (C=O) groups is 1. The molecular weight excluding hydrogens is 269 g/mol. The Kier molecular flexibility index (Phi) is 4.22. The minimum Gasteiger partial charge on any atom is -0.338 e. The van der Waals surface area contributed by atoms with E-state index in [1.54, 1.807) is 12.1 Å². The summed E-state index contributed by atoms with van der Waals surface area (Å²) in [5.41, 5.74) is 0.482. The summed E-state index contributed by atoms with van der Waals surface area (Å²) < 4.78 is 13.0. The van der Waals surface area contributed by atoms with Crippen molar-refractivity contribution in [3.63, 3.8) is 0 Å². The Morgan fingerprint density at radius 3 is 2.62 bits per heavy atom. The van der Waals surface area contributed by atoms with Crippen molar-refractivity contribution in [1.82, 2.24) is 15.5 Å². The first-order chi connectivity index (χ1) is 10.2. The van der Waals surface area contributed by atoms with Gasteiger partial charge in [0.05, 0.1) is 0 Å². The molecule has 21 heavy (non-hydrogen) atoms. The summed E-state index contributed by atoms with van der Waals surface area (Å²) in [4.78, 5) is 14.9. The van der Waals surface area contributed by atoms with E-state index in [-0.39, 0.29) is 11.7 Å². The molecule has 1 unspecified atom stereocenters. The number of nitrogens with zero attached hydrogens (tertiary/aromatic N) is 2. The second-order valence-electron chi connectivity index (χ2n) is 5.88.